The van der Waals surface area contributed by atoms with E-state index in [1.807, 2.05) is 43.3 Å². The molecule has 2 rings (SSSR count). The monoisotopic (exact) mass is 383 g/mol. The number of nitrogens with two attached hydrogens (primary N) is 1. The smallest absolute Gasteiger partial charge is 0.124 e. The van der Waals surface area contributed by atoms with Crippen molar-refractivity contribution in [2.24, 2.45) is 5.73 Å². The summed E-state index contributed by atoms with van der Waals surface area (Å²) in [6.07, 6.45) is 0. The first kappa shape index (κ1) is 14.6. The van der Waals surface area contributed by atoms with Crippen molar-refractivity contribution in [2.75, 3.05) is 7.11 Å². The lowest BCUT2D eigenvalue weighted by molar-refractivity contribution is 0.407. The lowest BCUT2D eigenvalue weighted by Gasteiger charge is -2.17. The molecule has 0 spiro atoms. The van der Waals surface area contributed by atoms with Crippen LogP contribution in [0.4, 0.5) is 0 Å². The van der Waals surface area contributed by atoms with Crippen LogP contribution in [-0.2, 0) is 0 Å². The van der Waals surface area contributed by atoms with E-state index in [9.17, 15) is 0 Å². The van der Waals surface area contributed by atoms with Gasteiger partial charge in [-0.05, 0) is 42.3 Å². The Labute approximate surface area is 130 Å². The molecule has 0 aliphatic carbocycles. The molecule has 0 aromatic heterocycles. The van der Waals surface area contributed by atoms with Crippen LogP contribution >= 0.6 is 31.9 Å². The second-order valence-corrected chi connectivity index (χ2v) is 6.14. The highest BCUT2D eigenvalue weighted by molar-refractivity contribution is 9.10. The Morgan fingerprint density at radius 2 is 1.74 bits per heavy atom. The number of methoxy groups -OCH3 is 1. The molecular formula is C15H15Br2NO. The first-order valence-electron chi connectivity index (χ1n) is 5.88. The summed E-state index contributed by atoms with van der Waals surface area (Å²) in [4.78, 5) is 0. The third kappa shape index (κ3) is 3.19. The average molecular weight is 385 g/mol. The van der Waals surface area contributed by atoms with Crippen LogP contribution in [0, 0.1) is 6.92 Å². The molecule has 0 aliphatic heterocycles. The zero-order chi connectivity index (χ0) is 14.0. The van der Waals surface area contributed by atoms with Gasteiger partial charge >= 0.3 is 0 Å². The fourth-order valence-electron chi connectivity index (χ4n) is 1.94. The van der Waals surface area contributed by atoms with Crippen molar-refractivity contribution < 1.29 is 4.74 Å². The second kappa shape index (κ2) is 6.07. The molecule has 2 nitrogen and oxygen atoms in total. The van der Waals surface area contributed by atoms with Crippen LogP contribution in [0.2, 0.25) is 0 Å². The van der Waals surface area contributed by atoms with Crippen molar-refractivity contribution in [3.8, 4) is 5.75 Å². The summed E-state index contributed by atoms with van der Waals surface area (Å²) in [6.45, 7) is 2.03. The fourth-order valence-corrected chi connectivity index (χ4v) is 2.57. The fraction of sp³-hybridized carbons (Fsp3) is 0.200. The van der Waals surface area contributed by atoms with Gasteiger partial charge in [0, 0.05) is 14.5 Å². The molecule has 19 heavy (non-hydrogen) atoms. The molecule has 0 fully saturated rings. The lowest BCUT2D eigenvalue weighted by Crippen LogP contribution is -2.13. The summed E-state index contributed by atoms with van der Waals surface area (Å²) in [5, 5.41) is 0. The van der Waals surface area contributed by atoms with Crippen LogP contribution in [0.25, 0.3) is 0 Å². The number of ether oxygens (including phenoxy) is 1. The summed E-state index contributed by atoms with van der Waals surface area (Å²) >= 11 is 6.97. The van der Waals surface area contributed by atoms with Gasteiger partial charge in [-0.2, -0.15) is 0 Å². The van der Waals surface area contributed by atoms with E-state index in [4.69, 9.17) is 10.5 Å². The molecule has 0 aliphatic rings. The Hall–Kier alpha value is -0.840. The molecular weight excluding hydrogens is 370 g/mol. The van der Waals surface area contributed by atoms with Gasteiger partial charge in [0.15, 0.2) is 0 Å². The molecule has 2 aromatic rings. The molecule has 0 saturated carbocycles. The highest BCUT2D eigenvalue weighted by Gasteiger charge is 2.15. The Kier molecular flexibility index (Phi) is 4.66. The van der Waals surface area contributed by atoms with Gasteiger partial charge in [-0.3, -0.25) is 0 Å². The van der Waals surface area contributed by atoms with Crippen LogP contribution in [0.3, 0.4) is 0 Å². The van der Waals surface area contributed by atoms with Crippen LogP contribution in [-0.4, -0.2) is 7.11 Å². The minimum atomic E-state index is -0.208. The van der Waals surface area contributed by atoms with Gasteiger partial charge in [0.05, 0.1) is 13.2 Å². The van der Waals surface area contributed by atoms with Gasteiger partial charge in [-0.25, -0.2) is 0 Å². The summed E-state index contributed by atoms with van der Waals surface area (Å²) in [7, 11) is 1.67. The maximum atomic E-state index is 6.35. The number of benzene rings is 2. The zero-order valence-electron chi connectivity index (χ0n) is 10.8. The predicted molar refractivity (Wildman–Crippen MR) is 85.6 cm³/mol. The first-order chi connectivity index (χ1) is 9.02. The molecule has 2 N–H and O–H groups in total. The highest BCUT2D eigenvalue weighted by Crippen LogP contribution is 2.33. The Bertz CT molecular complexity index is 581. The van der Waals surface area contributed by atoms with Gasteiger partial charge in [0.25, 0.3) is 0 Å². The van der Waals surface area contributed by atoms with E-state index in [0.717, 1.165) is 31.4 Å². The first-order valence-corrected chi connectivity index (χ1v) is 7.46. The maximum Gasteiger partial charge on any atom is 0.124 e. The molecule has 1 atom stereocenters. The molecule has 2 aromatic carbocycles. The van der Waals surface area contributed by atoms with E-state index >= 15 is 0 Å². The zero-order valence-corrected chi connectivity index (χ0v) is 14.0. The van der Waals surface area contributed by atoms with Crippen LogP contribution in [0.15, 0.2) is 45.3 Å². The third-order valence-electron chi connectivity index (χ3n) is 3.08. The summed E-state index contributed by atoms with van der Waals surface area (Å²) < 4.78 is 7.52. The standard InChI is InChI=1S/C15H15Br2NO/c1-9-7-14(19-2)12(8-13(9)17)15(18)10-3-5-11(16)6-4-10/h3-8,15H,18H2,1-2H3. The van der Waals surface area contributed by atoms with Crippen molar-refractivity contribution in [2.45, 2.75) is 13.0 Å². The molecule has 0 radical (unpaired) electrons. The number of hydrogen-bond acceptors (Lipinski definition) is 2. The van der Waals surface area contributed by atoms with Crippen LogP contribution in [0.1, 0.15) is 22.7 Å². The number of halogens is 2. The minimum absolute atomic E-state index is 0.208. The van der Waals surface area contributed by atoms with Gasteiger partial charge in [0.1, 0.15) is 5.75 Å². The molecule has 0 bridgehead atoms. The van der Waals surface area contributed by atoms with Crippen LogP contribution < -0.4 is 10.5 Å². The van der Waals surface area contributed by atoms with E-state index in [0.29, 0.717) is 0 Å². The summed E-state index contributed by atoms with van der Waals surface area (Å²) in [5.74, 6) is 0.816. The Morgan fingerprint density at radius 1 is 1.11 bits per heavy atom. The predicted octanol–water partition coefficient (Wildman–Crippen LogP) is 4.58. The van der Waals surface area contributed by atoms with Gasteiger partial charge < -0.3 is 10.5 Å². The minimum Gasteiger partial charge on any atom is -0.496 e. The van der Waals surface area contributed by atoms with Crippen LogP contribution in [0.5, 0.6) is 5.75 Å². The highest BCUT2D eigenvalue weighted by atomic mass is 79.9. The number of hydrogen-bond donors (Lipinski definition) is 1. The SMILES string of the molecule is COc1cc(C)c(Br)cc1C(N)c1ccc(Br)cc1. The summed E-state index contributed by atoms with van der Waals surface area (Å²) in [6, 6.07) is 11.8. The normalized spacial score (nSPS) is 12.3. The lowest BCUT2D eigenvalue weighted by atomic mass is 9.98. The Morgan fingerprint density at radius 3 is 2.32 bits per heavy atom. The second-order valence-electron chi connectivity index (χ2n) is 4.37. The van der Waals surface area contributed by atoms with Crippen molar-refractivity contribution in [1.82, 2.24) is 0 Å². The quantitative estimate of drug-likeness (QED) is 0.840. The average Bonchev–Trinajstić information content (AvgIpc) is 2.41. The molecule has 0 amide bonds. The van der Waals surface area contributed by atoms with E-state index < -0.39 is 0 Å². The van der Waals surface area contributed by atoms with E-state index in [1.54, 1.807) is 7.11 Å². The van der Waals surface area contributed by atoms with Gasteiger partial charge in [-0.15, -0.1) is 0 Å². The third-order valence-corrected chi connectivity index (χ3v) is 4.46. The van der Waals surface area contributed by atoms with Gasteiger partial charge in [-0.1, -0.05) is 44.0 Å². The molecule has 4 heteroatoms. The van der Waals surface area contributed by atoms with Crippen molar-refractivity contribution >= 4 is 31.9 Å². The number of rotatable bonds is 3. The Balaban J connectivity index is 2.45. The van der Waals surface area contributed by atoms with E-state index in [-0.39, 0.29) is 6.04 Å². The topological polar surface area (TPSA) is 35.2 Å². The number of aryl methyl sites for hydroxylation is 1. The van der Waals surface area contributed by atoms with Crippen molar-refractivity contribution in [1.29, 1.82) is 0 Å². The van der Waals surface area contributed by atoms with E-state index in [1.165, 1.54) is 0 Å². The molecule has 0 heterocycles. The molecule has 0 saturated heterocycles. The summed E-state index contributed by atoms with van der Waals surface area (Å²) in [5.41, 5.74) is 9.50. The largest absolute Gasteiger partial charge is 0.496 e. The molecule has 1 unspecified atom stereocenters. The van der Waals surface area contributed by atoms with E-state index in [2.05, 4.69) is 31.9 Å². The maximum absolute atomic E-state index is 6.35. The van der Waals surface area contributed by atoms with Crippen molar-refractivity contribution in [3.05, 3.63) is 62.0 Å². The van der Waals surface area contributed by atoms with Gasteiger partial charge in [0.2, 0.25) is 0 Å². The van der Waals surface area contributed by atoms with Crippen molar-refractivity contribution in [3.63, 3.8) is 0 Å². The molecule has 100 valence electrons.